The molecule has 0 saturated carbocycles. The first-order valence-electron chi connectivity index (χ1n) is 5.22. The Morgan fingerprint density at radius 3 is 1.50 bits per heavy atom. The van der Waals surface area contributed by atoms with Crippen LogP contribution in [0.15, 0.2) is 12.7 Å². The van der Waals surface area contributed by atoms with E-state index < -0.39 is 9.53 Å². The van der Waals surface area contributed by atoms with Crippen molar-refractivity contribution in [1.29, 1.82) is 0 Å². The van der Waals surface area contributed by atoms with Gasteiger partial charge in [-0.15, -0.1) is 6.58 Å². The molecule has 0 aliphatic heterocycles. The van der Waals surface area contributed by atoms with Gasteiger partial charge < -0.3 is 13.3 Å². The minimum Gasteiger partial charge on any atom is -0.376 e. The molecule has 0 rings (SSSR count). The lowest BCUT2D eigenvalue weighted by Crippen LogP contribution is -2.27. The molecule has 0 unspecified atom stereocenters. The first-order chi connectivity index (χ1) is 6.76. The van der Waals surface area contributed by atoms with Crippen LogP contribution in [0.25, 0.3) is 0 Å². The molecule has 14 heavy (non-hydrogen) atoms. The van der Waals surface area contributed by atoms with Crippen LogP contribution < -0.4 is 0 Å². The van der Waals surface area contributed by atoms with Crippen molar-refractivity contribution in [3.05, 3.63) is 12.7 Å². The first kappa shape index (κ1) is 16.5. The van der Waals surface area contributed by atoms with Gasteiger partial charge in [-0.3, -0.25) is 0 Å². The molecular weight excluding hydrogens is 212 g/mol. The second-order valence-corrected chi connectivity index (χ2v) is 4.75. The molecule has 0 aliphatic rings. The van der Waals surface area contributed by atoms with Crippen molar-refractivity contribution in [2.75, 3.05) is 19.8 Å². The Balaban J connectivity index is 0. The lowest BCUT2D eigenvalue weighted by atomic mass is 10.8. The van der Waals surface area contributed by atoms with Crippen LogP contribution in [0.2, 0.25) is 6.04 Å². The first-order valence-corrected chi connectivity index (χ1v) is 8.05. The highest BCUT2D eigenvalue weighted by Gasteiger charge is 2.11. The van der Waals surface area contributed by atoms with E-state index in [-0.39, 0.29) is 0 Å². The Kier molecular flexibility index (Phi) is 18.3. The summed E-state index contributed by atoms with van der Waals surface area (Å²) in [5.41, 5.74) is 0. The largest absolute Gasteiger partial charge is 0.484 e. The van der Waals surface area contributed by atoms with Gasteiger partial charge in [0, 0.05) is 30.1 Å². The van der Waals surface area contributed by atoms with E-state index in [2.05, 4.69) is 6.58 Å². The van der Waals surface area contributed by atoms with Crippen LogP contribution in [0.5, 0.6) is 0 Å². The van der Waals surface area contributed by atoms with Crippen LogP contribution in [0, 0.1) is 0 Å². The predicted molar refractivity (Wildman–Crippen MR) is 67.0 cm³/mol. The molecule has 0 bridgehead atoms. The van der Waals surface area contributed by atoms with Gasteiger partial charge in [-0.2, -0.15) is 0 Å². The third kappa shape index (κ3) is 14.6. The van der Waals surface area contributed by atoms with E-state index in [4.69, 9.17) is 13.3 Å². The molecule has 0 N–H and O–H groups in total. The highest BCUT2D eigenvalue weighted by molar-refractivity contribution is 6.36. The molecule has 86 valence electrons. The third-order valence-corrected chi connectivity index (χ3v) is 3.59. The maximum atomic E-state index is 5.22. The van der Waals surface area contributed by atoms with Crippen LogP contribution in [0.4, 0.5) is 0 Å². The summed E-state index contributed by atoms with van der Waals surface area (Å²) in [5, 5.41) is 0. The van der Waals surface area contributed by atoms with Gasteiger partial charge in [0.05, 0.1) is 0 Å². The van der Waals surface area contributed by atoms with E-state index in [1.807, 2.05) is 26.8 Å². The van der Waals surface area contributed by atoms with Gasteiger partial charge in [0.2, 0.25) is 0 Å². The van der Waals surface area contributed by atoms with Crippen molar-refractivity contribution in [2.24, 2.45) is 0 Å². The van der Waals surface area contributed by atoms with Gasteiger partial charge in [0.15, 0.2) is 0 Å². The summed E-state index contributed by atoms with van der Waals surface area (Å²) in [6.07, 6.45) is 1.94. The van der Waals surface area contributed by atoms with E-state index in [0.29, 0.717) is 19.8 Å². The quantitative estimate of drug-likeness (QED) is 0.483. The summed E-state index contributed by atoms with van der Waals surface area (Å²) in [7, 11) is -0.462. The van der Waals surface area contributed by atoms with Crippen molar-refractivity contribution < 1.29 is 13.3 Å². The second kappa shape index (κ2) is 15.5. The minimum absolute atomic E-state index is 0.677. The smallest absolute Gasteiger partial charge is 0.376 e. The fraction of sp³-hybridized carbons (Fsp3) is 0.778. The summed E-state index contributed by atoms with van der Waals surface area (Å²) in [6, 6.07) is 1.22. The van der Waals surface area contributed by atoms with E-state index >= 15 is 0 Å². The summed E-state index contributed by atoms with van der Waals surface area (Å²) in [4.78, 5) is 0. The van der Waals surface area contributed by atoms with E-state index in [1.54, 1.807) is 0 Å². The Bertz CT molecular complexity index is 98.0. The molecule has 0 saturated heterocycles. The molecule has 0 heterocycles. The van der Waals surface area contributed by atoms with Crippen molar-refractivity contribution >= 4 is 19.8 Å². The number of rotatable bonds is 7. The van der Waals surface area contributed by atoms with E-state index in [0.717, 1.165) is 0 Å². The average molecular weight is 236 g/mol. The Morgan fingerprint density at radius 2 is 1.36 bits per heavy atom. The van der Waals surface area contributed by atoms with Crippen molar-refractivity contribution in [1.82, 2.24) is 0 Å². The Labute approximate surface area is 92.8 Å². The maximum Gasteiger partial charge on any atom is 0.484 e. The van der Waals surface area contributed by atoms with Crippen LogP contribution >= 0.6 is 0 Å². The second-order valence-electron chi connectivity index (χ2n) is 2.35. The Morgan fingerprint density at radius 1 is 1.07 bits per heavy atom. The molecule has 0 aromatic rings. The monoisotopic (exact) mass is 236 g/mol. The highest BCUT2D eigenvalue weighted by Crippen LogP contribution is 1.91. The number of allylic oxidation sites excluding steroid dienone is 1. The zero-order valence-electron chi connectivity index (χ0n) is 9.91. The van der Waals surface area contributed by atoms with E-state index in [1.165, 1.54) is 16.3 Å². The Hall–Kier alpha value is 0.0538. The normalized spacial score (nSPS) is 9.71. The number of hydrogen-bond donors (Lipinski definition) is 0. The maximum absolute atomic E-state index is 5.22. The fourth-order valence-corrected chi connectivity index (χ4v) is 1.66. The molecule has 0 spiro atoms. The zero-order chi connectivity index (χ0) is 11.2. The lowest BCUT2D eigenvalue weighted by molar-refractivity contribution is 0.107. The van der Waals surface area contributed by atoms with Gasteiger partial charge in [0.1, 0.15) is 0 Å². The molecule has 3 nitrogen and oxygen atoms in total. The van der Waals surface area contributed by atoms with Crippen LogP contribution in [-0.4, -0.2) is 39.6 Å². The van der Waals surface area contributed by atoms with E-state index in [9.17, 15) is 0 Å². The summed E-state index contributed by atoms with van der Waals surface area (Å²) in [6.45, 7) is 11.4. The molecule has 0 atom stereocenters. The molecule has 5 heteroatoms. The molecule has 0 radical (unpaired) electrons. The molecule has 0 amide bonds. The molecule has 0 aromatic heterocycles. The van der Waals surface area contributed by atoms with Crippen LogP contribution in [0.1, 0.15) is 20.8 Å². The van der Waals surface area contributed by atoms with Gasteiger partial charge in [-0.25, -0.2) is 0 Å². The predicted octanol–water partition coefficient (Wildman–Crippen LogP) is 0.769. The van der Waals surface area contributed by atoms with Gasteiger partial charge in [0.25, 0.3) is 0 Å². The summed E-state index contributed by atoms with van der Waals surface area (Å²) >= 11 is 0. The van der Waals surface area contributed by atoms with Gasteiger partial charge >= 0.3 is 9.53 Å². The van der Waals surface area contributed by atoms with Crippen LogP contribution in [0.3, 0.4) is 0 Å². The minimum atomic E-state index is -1.73. The summed E-state index contributed by atoms with van der Waals surface area (Å²) < 4.78 is 15.7. The highest BCUT2D eigenvalue weighted by atomic mass is 28.3. The SMILES string of the molecule is C=CC[SiH3].CCO[SiH](OCC)OCC. The fourth-order valence-electron chi connectivity index (χ4n) is 0.553. The van der Waals surface area contributed by atoms with Gasteiger partial charge in [-0.05, 0) is 26.8 Å². The van der Waals surface area contributed by atoms with Gasteiger partial charge in [-0.1, -0.05) is 6.08 Å². The van der Waals surface area contributed by atoms with Crippen molar-refractivity contribution in [2.45, 2.75) is 26.8 Å². The van der Waals surface area contributed by atoms with Crippen LogP contribution in [-0.2, 0) is 13.3 Å². The molecule has 0 fully saturated rings. The van der Waals surface area contributed by atoms with Crippen molar-refractivity contribution in [3.8, 4) is 0 Å². The standard InChI is InChI=1S/C6H16O3Si.C3H8Si/c1-4-7-10(8-5-2)9-6-3;1-2-3-4/h10H,4-6H2,1-3H3;2H,1,3H2,4H3. The zero-order valence-corrected chi connectivity index (χ0v) is 13.1. The molecular formula is C9H24O3Si2. The average Bonchev–Trinajstić information content (AvgIpc) is 2.20. The number of hydrogen-bond acceptors (Lipinski definition) is 3. The third-order valence-electron chi connectivity index (χ3n) is 1.20. The lowest BCUT2D eigenvalue weighted by Gasteiger charge is -2.12. The summed E-state index contributed by atoms with van der Waals surface area (Å²) in [5.74, 6) is 0. The molecule has 0 aliphatic carbocycles. The topological polar surface area (TPSA) is 27.7 Å². The molecule has 0 aromatic carbocycles. The van der Waals surface area contributed by atoms with Crippen molar-refractivity contribution in [3.63, 3.8) is 0 Å².